The van der Waals surface area contributed by atoms with E-state index in [-0.39, 0.29) is 27.8 Å². The highest BCUT2D eigenvalue weighted by molar-refractivity contribution is 7.91. The number of benzene rings is 2. The highest BCUT2D eigenvalue weighted by Crippen LogP contribution is 2.25. The lowest BCUT2D eigenvalue weighted by Gasteiger charge is -2.09. The summed E-state index contributed by atoms with van der Waals surface area (Å²) in [7, 11) is -2.25. The molecule has 0 aliphatic carbocycles. The number of fused-ring (bicyclic) bond motifs is 1. The molecule has 4 rings (SSSR count). The first-order valence-corrected chi connectivity index (χ1v) is 10.4. The fraction of sp³-hybridized carbons (Fsp3) is 0.0952. The average Bonchev–Trinajstić information content (AvgIpc) is 2.75. The van der Waals surface area contributed by atoms with Crippen LogP contribution in [0.3, 0.4) is 0 Å². The van der Waals surface area contributed by atoms with Gasteiger partial charge in [-0.3, -0.25) is 4.79 Å². The second-order valence-electron chi connectivity index (χ2n) is 6.56. The minimum absolute atomic E-state index is 0.0678. The lowest BCUT2D eigenvalue weighted by atomic mass is 10.2. The largest absolute Gasteiger partial charge is 0.497 e. The SMILES string of the molecule is COc1ccc(S(=O)(=O)c2ccc3c(=O)n(Cc4ccnc(O)c4)ncc3c2)cc1. The fourth-order valence-corrected chi connectivity index (χ4v) is 4.36. The smallest absolute Gasteiger partial charge is 0.274 e. The summed E-state index contributed by atoms with van der Waals surface area (Å²) in [5, 5.41) is 14.4. The molecule has 30 heavy (non-hydrogen) atoms. The molecular formula is C21H17N3O5S. The van der Waals surface area contributed by atoms with Crippen LogP contribution in [-0.4, -0.2) is 35.4 Å². The van der Waals surface area contributed by atoms with Crippen molar-refractivity contribution in [3.63, 3.8) is 0 Å². The number of nitrogens with zero attached hydrogens (tertiary/aromatic N) is 3. The Morgan fingerprint density at radius 1 is 1.03 bits per heavy atom. The second-order valence-corrected chi connectivity index (χ2v) is 8.51. The second kappa shape index (κ2) is 7.60. The number of hydrogen-bond acceptors (Lipinski definition) is 7. The molecular weight excluding hydrogens is 406 g/mol. The molecule has 0 atom stereocenters. The molecule has 0 amide bonds. The maximum absolute atomic E-state index is 12.9. The molecule has 2 heterocycles. The van der Waals surface area contributed by atoms with E-state index in [2.05, 4.69) is 10.1 Å². The molecule has 4 aromatic rings. The van der Waals surface area contributed by atoms with E-state index in [0.717, 1.165) is 0 Å². The van der Waals surface area contributed by atoms with Crippen molar-refractivity contribution in [2.24, 2.45) is 0 Å². The van der Waals surface area contributed by atoms with Gasteiger partial charge >= 0.3 is 0 Å². The average molecular weight is 423 g/mol. The van der Waals surface area contributed by atoms with Crippen LogP contribution < -0.4 is 10.3 Å². The summed E-state index contributed by atoms with van der Waals surface area (Å²) < 4.78 is 32.2. The van der Waals surface area contributed by atoms with Crippen LogP contribution in [-0.2, 0) is 16.4 Å². The van der Waals surface area contributed by atoms with Gasteiger partial charge in [0.05, 0.1) is 35.0 Å². The van der Waals surface area contributed by atoms with Crippen LogP contribution in [0.1, 0.15) is 5.56 Å². The molecule has 0 fully saturated rings. The molecule has 9 heteroatoms. The Morgan fingerprint density at radius 3 is 2.47 bits per heavy atom. The first-order chi connectivity index (χ1) is 14.4. The van der Waals surface area contributed by atoms with Crippen molar-refractivity contribution in [1.82, 2.24) is 14.8 Å². The van der Waals surface area contributed by atoms with Gasteiger partial charge in [0.1, 0.15) is 5.75 Å². The summed E-state index contributed by atoms with van der Waals surface area (Å²) >= 11 is 0. The molecule has 0 saturated heterocycles. The summed E-state index contributed by atoms with van der Waals surface area (Å²) in [6.07, 6.45) is 2.89. The number of sulfone groups is 1. The molecule has 2 aromatic carbocycles. The van der Waals surface area contributed by atoms with E-state index in [1.54, 1.807) is 18.2 Å². The molecule has 0 saturated carbocycles. The molecule has 2 aromatic heterocycles. The van der Waals surface area contributed by atoms with Crippen LogP contribution in [0.4, 0.5) is 0 Å². The van der Waals surface area contributed by atoms with E-state index < -0.39 is 9.84 Å². The lowest BCUT2D eigenvalue weighted by molar-refractivity contribution is 0.414. The number of rotatable bonds is 5. The molecule has 0 unspecified atom stereocenters. The lowest BCUT2D eigenvalue weighted by Crippen LogP contribution is -2.23. The van der Waals surface area contributed by atoms with E-state index in [0.29, 0.717) is 22.1 Å². The molecule has 0 aliphatic heterocycles. The van der Waals surface area contributed by atoms with E-state index in [9.17, 15) is 18.3 Å². The minimum atomic E-state index is -3.76. The minimum Gasteiger partial charge on any atom is -0.497 e. The summed E-state index contributed by atoms with van der Waals surface area (Å²) in [5.41, 5.74) is 0.298. The van der Waals surface area contributed by atoms with Gasteiger partial charge in [-0.2, -0.15) is 5.10 Å². The first kappa shape index (κ1) is 19.6. The van der Waals surface area contributed by atoms with Gasteiger partial charge in [-0.15, -0.1) is 0 Å². The fourth-order valence-electron chi connectivity index (χ4n) is 3.07. The van der Waals surface area contributed by atoms with Gasteiger partial charge < -0.3 is 9.84 Å². The standard InChI is InChI=1S/C21H17N3O5S/c1-29-16-2-4-17(5-3-16)30(27,28)18-6-7-19-15(11-18)12-23-24(21(19)26)13-14-8-9-22-20(25)10-14/h2-12H,13H2,1H3,(H,22,25). The van der Waals surface area contributed by atoms with Crippen molar-refractivity contribution in [2.75, 3.05) is 7.11 Å². The zero-order valence-electron chi connectivity index (χ0n) is 15.9. The molecule has 0 radical (unpaired) electrons. The number of hydrogen-bond donors (Lipinski definition) is 1. The summed E-state index contributed by atoms with van der Waals surface area (Å²) in [6.45, 7) is 0.150. The highest BCUT2D eigenvalue weighted by atomic mass is 32.2. The Balaban J connectivity index is 1.72. The Hall–Kier alpha value is -3.72. The first-order valence-electron chi connectivity index (χ1n) is 8.91. The number of ether oxygens (including phenoxy) is 1. The van der Waals surface area contributed by atoms with Crippen molar-refractivity contribution in [1.29, 1.82) is 0 Å². The Labute approximate surface area is 171 Å². The van der Waals surface area contributed by atoms with Crippen molar-refractivity contribution in [3.05, 3.63) is 82.9 Å². The number of aromatic hydroxyl groups is 1. The van der Waals surface area contributed by atoms with Crippen molar-refractivity contribution in [2.45, 2.75) is 16.3 Å². The van der Waals surface area contributed by atoms with E-state index in [1.807, 2.05) is 0 Å². The van der Waals surface area contributed by atoms with Crippen LogP contribution >= 0.6 is 0 Å². The van der Waals surface area contributed by atoms with Gasteiger partial charge in [0.15, 0.2) is 0 Å². The van der Waals surface area contributed by atoms with E-state index in [1.165, 1.54) is 60.6 Å². The van der Waals surface area contributed by atoms with Crippen molar-refractivity contribution < 1.29 is 18.3 Å². The van der Waals surface area contributed by atoms with Crippen LogP contribution in [0, 0.1) is 0 Å². The summed E-state index contributed by atoms with van der Waals surface area (Å²) in [6, 6.07) is 13.5. The highest BCUT2D eigenvalue weighted by Gasteiger charge is 2.19. The van der Waals surface area contributed by atoms with E-state index >= 15 is 0 Å². The monoisotopic (exact) mass is 423 g/mol. The van der Waals surface area contributed by atoms with Crippen molar-refractivity contribution in [3.8, 4) is 11.6 Å². The van der Waals surface area contributed by atoms with E-state index in [4.69, 9.17) is 4.74 Å². The van der Waals surface area contributed by atoms with Gasteiger partial charge in [0.25, 0.3) is 5.56 Å². The summed E-state index contributed by atoms with van der Waals surface area (Å²) in [5.74, 6) is 0.412. The Kier molecular flexibility index (Phi) is 4.96. The molecule has 8 nitrogen and oxygen atoms in total. The normalized spacial score (nSPS) is 11.5. The van der Waals surface area contributed by atoms with Gasteiger partial charge in [0, 0.05) is 17.6 Å². The summed E-state index contributed by atoms with van der Waals surface area (Å²) in [4.78, 5) is 16.7. The zero-order chi connectivity index (χ0) is 21.3. The van der Waals surface area contributed by atoms with Crippen molar-refractivity contribution >= 4 is 20.6 Å². The third-order valence-electron chi connectivity index (χ3n) is 4.65. The van der Waals surface area contributed by atoms with Gasteiger partial charge in [-0.25, -0.2) is 18.1 Å². The van der Waals surface area contributed by atoms with Crippen LogP contribution in [0.15, 0.2) is 81.6 Å². The van der Waals surface area contributed by atoms with Gasteiger partial charge in [-0.05, 0) is 54.1 Å². The maximum Gasteiger partial charge on any atom is 0.274 e. The van der Waals surface area contributed by atoms with Crippen LogP contribution in [0.25, 0.3) is 10.8 Å². The molecule has 152 valence electrons. The quantitative estimate of drug-likeness (QED) is 0.525. The Bertz CT molecular complexity index is 1400. The molecule has 1 N–H and O–H groups in total. The number of pyridine rings is 1. The predicted octanol–water partition coefficient (Wildman–Crippen LogP) is 2.39. The molecule has 0 spiro atoms. The zero-order valence-corrected chi connectivity index (χ0v) is 16.7. The third-order valence-corrected chi connectivity index (χ3v) is 6.41. The molecule has 0 aliphatic rings. The van der Waals surface area contributed by atoms with Crippen LogP contribution in [0.2, 0.25) is 0 Å². The Morgan fingerprint density at radius 2 is 1.77 bits per heavy atom. The predicted molar refractivity (Wildman–Crippen MR) is 109 cm³/mol. The van der Waals surface area contributed by atoms with Crippen LogP contribution in [0.5, 0.6) is 11.6 Å². The van der Waals surface area contributed by atoms with Gasteiger partial charge in [0.2, 0.25) is 15.7 Å². The van der Waals surface area contributed by atoms with Gasteiger partial charge in [-0.1, -0.05) is 0 Å². The third kappa shape index (κ3) is 3.62. The maximum atomic E-state index is 12.9. The number of aromatic nitrogens is 3. The number of methoxy groups -OCH3 is 1. The topological polar surface area (TPSA) is 111 Å². The molecule has 0 bridgehead atoms.